The topological polar surface area (TPSA) is 55.6 Å². The van der Waals surface area contributed by atoms with Crippen molar-refractivity contribution >= 4 is 5.97 Å². The fourth-order valence-corrected chi connectivity index (χ4v) is 2.56. The lowest BCUT2D eigenvalue weighted by atomic mass is 9.93. The molecule has 4 nitrogen and oxygen atoms in total. The van der Waals surface area contributed by atoms with E-state index in [1.54, 1.807) is 6.92 Å². The molecule has 3 atom stereocenters. The highest BCUT2D eigenvalue weighted by Gasteiger charge is 2.34. The first-order chi connectivity index (χ1) is 9.30. The zero-order valence-corrected chi connectivity index (χ0v) is 14.2. The molecule has 0 heterocycles. The maximum atomic E-state index is 11.9. The van der Waals surface area contributed by atoms with Crippen molar-refractivity contribution in [2.24, 2.45) is 5.73 Å². The smallest absolute Gasteiger partial charge is 0.325 e. The number of hydrogen-bond acceptors (Lipinski definition) is 4. The molecule has 3 unspecified atom stereocenters. The van der Waals surface area contributed by atoms with E-state index in [1.165, 1.54) is 12.8 Å². The van der Waals surface area contributed by atoms with Gasteiger partial charge in [0.2, 0.25) is 0 Å². The van der Waals surface area contributed by atoms with Gasteiger partial charge in [-0.05, 0) is 53.5 Å². The van der Waals surface area contributed by atoms with E-state index in [1.807, 2.05) is 6.92 Å². The van der Waals surface area contributed by atoms with Crippen LogP contribution in [0.25, 0.3) is 0 Å². The highest BCUT2D eigenvalue weighted by atomic mass is 16.5. The molecular weight excluding hydrogens is 252 g/mol. The number of carbonyl (C=O) groups excluding carboxylic acids is 1. The Morgan fingerprint density at radius 1 is 1.25 bits per heavy atom. The number of esters is 1. The van der Waals surface area contributed by atoms with Gasteiger partial charge in [-0.25, -0.2) is 0 Å². The lowest BCUT2D eigenvalue weighted by molar-refractivity contribution is -0.149. The molecule has 0 aliphatic carbocycles. The van der Waals surface area contributed by atoms with Gasteiger partial charge in [-0.3, -0.25) is 9.69 Å². The van der Waals surface area contributed by atoms with Crippen LogP contribution in [0.4, 0.5) is 0 Å². The summed E-state index contributed by atoms with van der Waals surface area (Å²) < 4.78 is 5.07. The Balaban J connectivity index is 4.72. The first-order valence-corrected chi connectivity index (χ1v) is 8.01. The average Bonchev–Trinajstić information content (AvgIpc) is 2.38. The van der Waals surface area contributed by atoms with Crippen molar-refractivity contribution in [1.82, 2.24) is 4.90 Å². The van der Waals surface area contributed by atoms with E-state index >= 15 is 0 Å². The number of unbranched alkanes of at least 4 members (excludes halogenated alkanes) is 1. The molecule has 120 valence electrons. The maximum absolute atomic E-state index is 11.9. The molecule has 0 radical (unpaired) electrons. The van der Waals surface area contributed by atoms with Crippen molar-refractivity contribution in [1.29, 1.82) is 0 Å². The van der Waals surface area contributed by atoms with Crippen LogP contribution in [-0.4, -0.2) is 41.6 Å². The lowest BCUT2D eigenvalue weighted by Crippen LogP contribution is -2.52. The summed E-state index contributed by atoms with van der Waals surface area (Å²) in [7, 11) is 0. The number of nitrogens with zero attached hydrogens (tertiary/aromatic N) is 1. The number of rotatable bonds is 10. The van der Waals surface area contributed by atoms with E-state index in [-0.39, 0.29) is 12.0 Å². The van der Waals surface area contributed by atoms with Gasteiger partial charge in [0, 0.05) is 12.1 Å². The van der Waals surface area contributed by atoms with Crippen LogP contribution in [0.3, 0.4) is 0 Å². The number of ether oxygens (including phenoxy) is 1. The second-order valence-corrected chi connectivity index (χ2v) is 6.04. The van der Waals surface area contributed by atoms with Gasteiger partial charge in [-0.2, -0.15) is 0 Å². The largest absolute Gasteiger partial charge is 0.465 e. The van der Waals surface area contributed by atoms with Gasteiger partial charge >= 0.3 is 5.97 Å². The van der Waals surface area contributed by atoms with Gasteiger partial charge in [0.25, 0.3) is 0 Å². The van der Waals surface area contributed by atoms with E-state index in [0.29, 0.717) is 19.1 Å². The molecule has 0 saturated heterocycles. The van der Waals surface area contributed by atoms with E-state index in [2.05, 4.69) is 32.6 Å². The Kier molecular flexibility index (Phi) is 9.06. The number of nitrogens with two attached hydrogens (primary N) is 1. The minimum atomic E-state index is -0.909. The van der Waals surface area contributed by atoms with Crippen LogP contribution >= 0.6 is 0 Å². The summed E-state index contributed by atoms with van der Waals surface area (Å²) in [5.41, 5.74) is 5.24. The molecule has 0 fully saturated rings. The maximum Gasteiger partial charge on any atom is 0.325 e. The Morgan fingerprint density at radius 3 is 2.30 bits per heavy atom. The monoisotopic (exact) mass is 286 g/mol. The van der Waals surface area contributed by atoms with Gasteiger partial charge < -0.3 is 10.5 Å². The van der Waals surface area contributed by atoms with E-state index in [0.717, 1.165) is 13.0 Å². The second kappa shape index (κ2) is 9.35. The lowest BCUT2D eigenvalue weighted by Gasteiger charge is -2.37. The third-order valence-electron chi connectivity index (χ3n) is 3.95. The van der Waals surface area contributed by atoms with E-state index in [9.17, 15) is 4.79 Å². The molecule has 0 aliphatic heterocycles. The standard InChI is InChI=1S/C16H34N2O2/c1-7-10-11-18(13(4)8-2)14(5)12-16(6,17)15(19)20-9-3/h13-14H,7-12,17H2,1-6H3. The number of hydrogen-bond donors (Lipinski definition) is 1. The Labute approximate surface area is 125 Å². The molecule has 20 heavy (non-hydrogen) atoms. The fraction of sp³-hybridized carbons (Fsp3) is 0.938. The SMILES string of the molecule is CCCCN(C(C)CC)C(C)CC(C)(N)C(=O)OCC. The van der Waals surface area contributed by atoms with Crippen LogP contribution < -0.4 is 5.73 Å². The van der Waals surface area contributed by atoms with Crippen LogP contribution in [0, 0.1) is 0 Å². The third-order valence-corrected chi connectivity index (χ3v) is 3.95. The van der Waals surface area contributed by atoms with Crippen molar-refractivity contribution in [3.8, 4) is 0 Å². The molecular formula is C16H34N2O2. The summed E-state index contributed by atoms with van der Waals surface area (Å²) in [5.74, 6) is -0.300. The molecule has 0 aromatic rings. The van der Waals surface area contributed by atoms with Gasteiger partial charge in [0.05, 0.1) is 6.61 Å². The van der Waals surface area contributed by atoms with Crippen molar-refractivity contribution < 1.29 is 9.53 Å². The Morgan fingerprint density at radius 2 is 1.85 bits per heavy atom. The van der Waals surface area contributed by atoms with Crippen LogP contribution in [-0.2, 0) is 9.53 Å². The molecule has 2 N–H and O–H groups in total. The Hall–Kier alpha value is -0.610. The predicted molar refractivity (Wildman–Crippen MR) is 84.7 cm³/mol. The van der Waals surface area contributed by atoms with Gasteiger partial charge in [0.1, 0.15) is 5.54 Å². The van der Waals surface area contributed by atoms with Gasteiger partial charge in [-0.1, -0.05) is 20.3 Å². The van der Waals surface area contributed by atoms with Gasteiger partial charge in [0.15, 0.2) is 0 Å². The minimum Gasteiger partial charge on any atom is -0.465 e. The highest BCUT2D eigenvalue weighted by Crippen LogP contribution is 2.19. The van der Waals surface area contributed by atoms with Crippen molar-refractivity contribution in [2.45, 2.75) is 84.8 Å². The molecule has 0 rings (SSSR count). The first-order valence-electron chi connectivity index (χ1n) is 8.01. The molecule has 0 aliphatic rings. The summed E-state index contributed by atoms with van der Waals surface area (Å²) in [4.78, 5) is 14.4. The predicted octanol–water partition coefficient (Wildman–Crippen LogP) is 2.95. The van der Waals surface area contributed by atoms with Crippen molar-refractivity contribution in [3.63, 3.8) is 0 Å². The average molecular weight is 286 g/mol. The molecule has 0 bridgehead atoms. The van der Waals surface area contributed by atoms with Crippen LogP contribution in [0.1, 0.15) is 67.2 Å². The quantitative estimate of drug-likeness (QED) is 0.627. The summed E-state index contributed by atoms with van der Waals surface area (Å²) >= 11 is 0. The van der Waals surface area contributed by atoms with Crippen LogP contribution in [0.15, 0.2) is 0 Å². The highest BCUT2D eigenvalue weighted by molar-refractivity contribution is 5.80. The summed E-state index contributed by atoms with van der Waals surface area (Å²) in [6.45, 7) is 13.8. The van der Waals surface area contributed by atoms with Crippen molar-refractivity contribution in [2.75, 3.05) is 13.2 Å². The van der Waals surface area contributed by atoms with E-state index in [4.69, 9.17) is 10.5 Å². The zero-order valence-electron chi connectivity index (χ0n) is 14.2. The second-order valence-electron chi connectivity index (χ2n) is 6.04. The molecule has 0 aromatic heterocycles. The van der Waals surface area contributed by atoms with Crippen LogP contribution in [0.5, 0.6) is 0 Å². The fourth-order valence-electron chi connectivity index (χ4n) is 2.56. The molecule has 0 aromatic carbocycles. The van der Waals surface area contributed by atoms with Gasteiger partial charge in [-0.15, -0.1) is 0 Å². The molecule has 0 spiro atoms. The zero-order chi connectivity index (χ0) is 15.8. The third kappa shape index (κ3) is 6.23. The minimum absolute atomic E-state index is 0.274. The molecule has 4 heteroatoms. The number of carbonyl (C=O) groups is 1. The molecule has 0 saturated carbocycles. The normalized spacial score (nSPS) is 17.6. The molecule has 0 amide bonds. The van der Waals surface area contributed by atoms with Crippen molar-refractivity contribution in [3.05, 3.63) is 0 Å². The summed E-state index contributed by atoms with van der Waals surface area (Å²) in [5, 5.41) is 0. The Bertz CT molecular complexity index is 280. The first kappa shape index (κ1) is 19.4. The van der Waals surface area contributed by atoms with E-state index < -0.39 is 5.54 Å². The van der Waals surface area contributed by atoms with Crippen LogP contribution in [0.2, 0.25) is 0 Å². The summed E-state index contributed by atoms with van der Waals surface area (Å²) in [6, 6.07) is 0.783. The summed E-state index contributed by atoms with van der Waals surface area (Å²) in [6.07, 6.45) is 4.08.